The molecule has 2 aromatic carbocycles. The van der Waals surface area contributed by atoms with E-state index in [1.54, 1.807) is 11.8 Å². The van der Waals surface area contributed by atoms with Gasteiger partial charge >= 0.3 is 0 Å². The maximum absolute atomic E-state index is 13.4. The van der Waals surface area contributed by atoms with Crippen LogP contribution in [0.15, 0.2) is 52.9 Å². The molecule has 1 unspecified atom stereocenters. The topological polar surface area (TPSA) is 91.6 Å². The van der Waals surface area contributed by atoms with Crippen LogP contribution in [0, 0.1) is 13.8 Å². The highest BCUT2D eigenvalue weighted by Crippen LogP contribution is 2.32. The number of aryl methyl sites for hydroxylation is 2. The van der Waals surface area contributed by atoms with E-state index in [1.165, 1.54) is 11.1 Å². The van der Waals surface area contributed by atoms with Gasteiger partial charge in [-0.05, 0) is 42.5 Å². The first-order valence-electron chi connectivity index (χ1n) is 11.7. The first-order valence-corrected chi connectivity index (χ1v) is 11.7. The van der Waals surface area contributed by atoms with Gasteiger partial charge in [-0.1, -0.05) is 49.4 Å². The van der Waals surface area contributed by atoms with Crippen LogP contribution in [-0.2, 0) is 22.6 Å². The van der Waals surface area contributed by atoms with Gasteiger partial charge in [-0.2, -0.15) is 0 Å². The van der Waals surface area contributed by atoms with Crippen molar-refractivity contribution in [3.63, 3.8) is 0 Å². The Hall–Kier alpha value is -3.52. The van der Waals surface area contributed by atoms with E-state index in [4.69, 9.17) is 4.42 Å². The van der Waals surface area contributed by atoms with E-state index in [0.717, 1.165) is 17.7 Å². The third-order valence-corrected chi connectivity index (χ3v) is 6.11. The van der Waals surface area contributed by atoms with Gasteiger partial charge in [0.05, 0.1) is 19.1 Å². The SMILES string of the molecule is CCCN(CC(=O)Nc1ccccc1C)C(=O)CN1Cc2ccccc2CC1c1nnc(C)o1. The van der Waals surface area contributed by atoms with Gasteiger partial charge in [0.1, 0.15) is 0 Å². The third kappa shape index (κ3) is 5.51. The van der Waals surface area contributed by atoms with Crippen LogP contribution in [0.2, 0.25) is 0 Å². The largest absolute Gasteiger partial charge is 0.424 e. The highest BCUT2D eigenvalue weighted by molar-refractivity contribution is 5.95. The summed E-state index contributed by atoms with van der Waals surface area (Å²) in [6, 6.07) is 15.6. The average molecular weight is 462 g/mol. The second kappa shape index (κ2) is 10.6. The summed E-state index contributed by atoms with van der Waals surface area (Å²) in [5.74, 6) is 0.714. The number of benzene rings is 2. The van der Waals surface area contributed by atoms with Crippen LogP contribution in [0.25, 0.3) is 0 Å². The highest BCUT2D eigenvalue weighted by Gasteiger charge is 2.33. The number of hydrogen-bond acceptors (Lipinski definition) is 6. The summed E-state index contributed by atoms with van der Waals surface area (Å²) in [6.07, 6.45) is 1.45. The maximum atomic E-state index is 13.4. The van der Waals surface area contributed by atoms with Gasteiger partial charge in [-0.25, -0.2) is 0 Å². The number of rotatable bonds is 8. The molecular weight excluding hydrogens is 430 g/mol. The molecule has 8 nitrogen and oxygen atoms in total. The molecule has 1 N–H and O–H groups in total. The number of amides is 2. The summed E-state index contributed by atoms with van der Waals surface area (Å²) < 4.78 is 5.75. The van der Waals surface area contributed by atoms with E-state index >= 15 is 0 Å². The molecular formula is C26H31N5O3. The van der Waals surface area contributed by atoms with Gasteiger partial charge in [0.25, 0.3) is 0 Å². The number of fused-ring (bicyclic) bond motifs is 1. The molecule has 8 heteroatoms. The molecule has 1 atom stereocenters. The molecule has 0 saturated carbocycles. The lowest BCUT2D eigenvalue weighted by Crippen LogP contribution is -2.46. The first-order chi connectivity index (χ1) is 16.4. The fourth-order valence-corrected chi connectivity index (χ4v) is 4.35. The normalized spacial score (nSPS) is 15.6. The van der Waals surface area contributed by atoms with Crippen molar-refractivity contribution < 1.29 is 14.0 Å². The molecule has 3 aromatic rings. The maximum Gasteiger partial charge on any atom is 0.244 e. The van der Waals surface area contributed by atoms with Crippen molar-refractivity contribution in [1.29, 1.82) is 0 Å². The van der Waals surface area contributed by atoms with Gasteiger partial charge < -0.3 is 14.6 Å². The number of anilines is 1. The molecule has 34 heavy (non-hydrogen) atoms. The predicted molar refractivity (Wildman–Crippen MR) is 129 cm³/mol. The summed E-state index contributed by atoms with van der Waals surface area (Å²) in [7, 11) is 0. The highest BCUT2D eigenvalue weighted by atomic mass is 16.4. The minimum absolute atomic E-state index is 0.00969. The van der Waals surface area contributed by atoms with Crippen LogP contribution < -0.4 is 5.32 Å². The number of carbonyl (C=O) groups is 2. The number of nitrogens with one attached hydrogen (secondary N) is 1. The van der Waals surface area contributed by atoms with E-state index in [-0.39, 0.29) is 30.9 Å². The smallest absolute Gasteiger partial charge is 0.244 e. The molecule has 1 aliphatic heterocycles. The van der Waals surface area contributed by atoms with Crippen LogP contribution in [0.3, 0.4) is 0 Å². The number of carbonyl (C=O) groups excluding carboxylic acids is 2. The zero-order valence-electron chi connectivity index (χ0n) is 20.0. The Morgan fingerprint density at radius 3 is 2.53 bits per heavy atom. The summed E-state index contributed by atoms with van der Waals surface area (Å²) in [5.41, 5.74) is 4.14. The lowest BCUT2D eigenvalue weighted by molar-refractivity contribution is -0.136. The van der Waals surface area contributed by atoms with Gasteiger partial charge in [-0.15, -0.1) is 10.2 Å². The minimum atomic E-state index is -0.204. The van der Waals surface area contributed by atoms with Crippen molar-refractivity contribution in [3.8, 4) is 0 Å². The molecule has 2 heterocycles. The van der Waals surface area contributed by atoms with E-state index in [0.29, 0.717) is 31.3 Å². The van der Waals surface area contributed by atoms with Crippen LogP contribution in [0.4, 0.5) is 5.69 Å². The van der Waals surface area contributed by atoms with Crippen molar-refractivity contribution >= 4 is 17.5 Å². The molecule has 1 aromatic heterocycles. The zero-order valence-corrected chi connectivity index (χ0v) is 20.0. The summed E-state index contributed by atoms with van der Waals surface area (Å²) in [5, 5.41) is 11.2. The fourth-order valence-electron chi connectivity index (χ4n) is 4.35. The summed E-state index contributed by atoms with van der Waals surface area (Å²) in [6.45, 7) is 6.99. The molecule has 4 rings (SSSR count). The number of aromatic nitrogens is 2. The fraction of sp³-hybridized carbons (Fsp3) is 0.385. The van der Waals surface area contributed by atoms with Crippen LogP contribution in [-0.4, -0.2) is 51.4 Å². The molecule has 0 fully saturated rings. The van der Waals surface area contributed by atoms with Crippen LogP contribution in [0.1, 0.15) is 47.9 Å². The average Bonchev–Trinajstić information content (AvgIpc) is 3.26. The monoisotopic (exact) mass is 461 g/mol. The molecule has 0 spiro atoms. The van der Waals surface area contributed by atoms with E-state index in [2.05, 4.69) is 32.5 Å². The Kier molecular flexibility index (Phi) is 7.37. The number of nitrogens with zero attached hydrogens (tertiary/aromatic N) is 4. The predicted octanol–water partition coefficient (Wildman–Crippen LogP) is 3.66. The zero-order chi connectivity index (χ0) is 24.1. The Morgan fingerprint density at radius 1 is 1.09 bits per heavy atom. The van der Waals surface area contributed by atoms with Crippen molar-refractivity contribution in [2.45, 2.75) is 46.2 Å². The van der Waals surface area contributed by atoms with Crippen molar-refractivity contribution in [1.82, 2.24) is 20.0 Å². The third-order valence-electron chi connectivity index (χ3n) is 6.11. The van der Waals surface area contributed by atoms with Gasteiger partial charge in [-0.3, -0.25) is 14.5 Å². The Bertz CT molecular complexity index is 1160. The molecule has 0 saturated heterocycles. The quantitative estimate of drug-likeness (QED) is 0.550. The summed E-state index contributed by atoms with van der Waals surface area (Å²) in [4.78, 5) is 29.8. The molecule has 2 amide bonds. The van der Waals surface area contributed by atoms with Gasteiger partial charge in [0.2, 0.25) is 23.6 Å². The standard InChI is InChI=1S/C26H31N5O3/c1-4-13-30(16-24(32)27-22-12-8-5-9-18(22)2)25(33)17-31-15-21-11-7-6-10-20(21)14-23(31)26-29-28-19(3)34-26/h5-12,23H,4,13-17H2,1-3H3,(H,27,32). The van der Waals surface area contributed by atoms with E-state index in [1.807, 2.05) is 50.2 Å². The van der Waals surface area contributed by atoms with Gasteiger partial charge in [0, 0.05) is 25.7 Å². The Labute approximate surface area is 200 Å². The molecule has 0 bridgehead atoms. The van der Waals surface area contributed by atoms with Crippen molar-refractivity contribution in [3.05, 3.63) is 77.0 Å². The Morgan fingerprint density at radius 2 is 1.82 bits per heavy atom. The molecule has 0 radical (unpaired) electrons. The summed E-state index contributed by atoms with van der Waals surface area (Å²) >= 11 is 0. The first kappa shape index (κ1) is 23.6. The lowest BCUT2D eigenvalue weighted by Gasteiger charge is -2.35. The molecule has 178 valence electrons. The van der Waals surface area contributed by atoms with Gasteiger partial charge in [0.15, 0.2) is 0 Å². The Balaban J connectivity index is 1.49. The van der Waals surface area contributed by atoms with Crippen molar-refractivity contribution in [2.24, 2.45) is 0 Å². The molecule has 0 aliphatic carbocycles. The van der Waals surface area contributed by atoms with Crippen LogP contribution >= 0.6 is 0 Å². The number of hydrogen-bond donors (Lipinski definition) is 1. The second-order valence-corrected chi connectivity index (χ2v) is 8.73. The van der Waals surface area contributed by atoms with E-state index < -0.39 is 0 Å². The van der Waals surface area contributed by atoms with Crippen molar-refractivity contribution in [2.75, 3.05) is 25.0 Å². The lowest BCUT2D eigenvalue weighted by atomic mass is 9.94. The second-order valence-electron chi connectivity index (χ2n) is 8.73. The minimum Gasteiger partial charge on any atom is -0.424 e. The number of para-hydroxylation sites is 1. The van der Waals surface area contributed by atoms with Crippen LogP contribution in [0.5, 0.6) is 0 Å². The molecule has 1 aliphatic rings. The van der Waals surface area contributed by atoms with E-state index in [9.17, 15) is 9.59 Å².